The summed E-state index contributed by atoms with van der Waals surface area (Å²) in [4.78, 5) is 14.3. The molecule has 2 N–H and O–H groups in total. The van der Waals surface area contributed by atoms with Gasteiger partial charge in [0.1, 0.15) is 0 Å². The van der Waals surface area contributed by atoms with Gasteiger partial charge in [0.05, 0.1) is 0 Å². The standard InChI is InChI=1S/C16H18N2O3S3/c1-18(22-2)24(20,21)16(17)15(19)13-10-6-7-11-14(13)23-12-8-4-3-5-9-12/h3-11,16H,17H2,1-2H3. The Morgan fingerprint density at radius 1 is 1.08 bits per heavy atom. The zero-order chi connectivity index (χ0) is 17.7. The summed E-state index contributed by atoms with van der Waals surface area (Å²) >= 11 is 2.38. The molecule has 0 saturated heterocycles. The molecule has 2 rings (SSSR count). The fourth-order valence-electron chi connectivity index (χ4n) is 1.93. The Labute approximate surface area is 150 Å². The molecule has 0 radical (unpaired) electrons. The number of benzene rings is 2. The van der Waals surface area contributed by atoms with Crippen LogP contribution < -0.4 is 5.73 Å². The molecule has 128 valence electrons. The van der Waals surface area contributed by atoms with Crippen molar-refractivity contribution >= 4 is 39.5 Å². The lowest BCUT2D eigenvalue weighted by atomic mass is 10.1. The predicted octanol–water partition coefficient (Wildman–Crippen LogP) is 2.84. The van der Waals surface area contributed by atoms with Crippen molar-refractivity contribution in [1.29, 1.82) is 0 Å². The van der Waals surface area contributed by atoms with E-state index in [1.165, 1.54) is 18.8 Å². The lowest BCUT2D eigenvalue weighted by molar-refractivity contribution is 0.0984. The van der Waals surface area contributed by atoms with Gasteiger partial charge in [-0.2, -0.15) is 0 Å². The second-order valence-corrected chi connectivity index (χ2v) is 9.18. The summed E-state index contributed by atoms with van der Waals surface area (Å²) in [6.45, 7) is 0. The third-order valence-corrected chi connectivity index (χ3v) is 7.56. The summed E-state index contributed by atoms with van der Waals surface area (Å²) in [7, 11) is -2.54. The number of hydrogen-bond donors (Lipinski definition) is 1. The van der Waals surface area contributed by atoms with E-state index in [0.29, 0.717) is 10.5 Å². The van der Waals surface area contributed by atoms with Gasteiger partial charge in [-0.1, -0.05) is 60.1 Å². The molecule has 0 bridgehead atoms. The minimum Gasteiger partial charge on any atom is -0.307 e. The van der Waals surface area contributed by atoms with Crippen LogP contribution >= 0.6 is 23.7 Å². The number of carbonyl (C=O) groups is 1. The van der Waals surface area contributed by atoms with E-state index in [2.05, 4.69) is 0 Å². The summed E-state index contributed by atoms with van der Waals surface area (Å²) in [5.74, 6) is -0.616. The molecule has 0 aliphatic rings. The van der Waals surface area contributed by atoms with E-state index in [9.17, 15) is 13.2 Å². The van der Waals surface area contributed by atoms with E-state index in [4.69, 9.17) is 5.73 Å². The van der Waals surface area contributed by atoms with Crippen LogP contribution in [-0.2, 0) is 10.0 Å². The summed E-state index contributed by atoms with van der Waals surface area (Å²) in [6.07, 6.45) is 1.61. The Kier molecular flexibility index (Phi) is 6.47. The third-order valence-electron chi connectivity index (χ3n) is 3.32. The number of Topliss-reactive ketones (excluding diaryl/α,β-unsaturated/α-hetero) is 1. The van der Waals surface area contributed by atoms with Gasteiger partial charge in [-0.3, -0.25) is 4.79 Å². The number of hydrogen-bond acceptors (Lipinski definition) is 6. The molecule has 24 heavy (non-hydrogen) atoms. The molecule has 1 unspecified atom stereocenters. The first-order valence-corrected chi connectivity index (χ1v) is 10.5. The van der Waals surface area contributed by atoms with Gasteiger partial charge in [-0.25, -0.2) is 8.42 Å². The first-order valence-electron chi connectivity index (χ1n) is 7.01. The summed E-state index contributed by atoms with van der Waals surface area (Å²) in [5.41, 5.74) is 6.07. The summed E-state index contributed by atoms with van der Waals surface area (Å²) < 4.78 is 25.6. The van der Waals surface area contributed by atoms with E-state index < -0.39 is 21.2 Å². The third kappa shape index (κ3) is 4.20. The maximum absolute atomic E-state index is 12.7. The van der Waals surface area contributed by atoms with Crippen LogP contribution in [-0.4, -0.2) is 36.6 Å². The van der Waals surface area contributed by atoms with Gasteiger partial charge in [-0.15, -0.1) is 3.71 Å². The lowest BCUT2D eigenvalue weighted by Crippen LogP contribution is -2.44. The molecule has 0 amide bonds. The van der Waals surface area contributed by atoms with Crippen LogP contribution in [0, 0.1) is 0 Å². The molecule has 0 heterocycles. The monoisotopic (exact) mass is 382 g/mol. The summed E-state index contributed by atoms with van der Waals surface area (Å²) in [6, 6.07) is 16.4. The highest BCUT2D eigenvalue weighted by atomic mass is 32.3. The van der Waals surface area contributed by atoms with E-state index >= 15 is 0 Å². The zero-order valence-electron chi connectivity index (χ0n) is 13.2. The molecular weight excluding hydrogens is 364 g/mol. The first kappa shape index (κ1) is 19.0. The van der Waals surface area contributed by atoms with Crippen LogP contribution in [0.1, 0.15) is 10.4 Å². The van der Waals surface area contributed by atoms with Crippen LogP contribution in [0.5, 0.6) is 0 Å². The Morgan fingerprint density at radius 2 is 1.67 bits per heavy atom. The Balaban J connectivity index is 2.34. The quantitative estimate of drug-likeness (QED) is 0.586. The second-order valence-electron chi connectivity index (χ2n) is 4.83. The minimum absolute atomic E-state index is 0.303. The van der Waals surface area contributed by atoms with Crippen LogP contribution in [0.25, 0.3) is 0 Å². The number of rotatable bonds is 7. The molecule has 0 aromatic heterocycles. The van der Waals surface area contributed by atoms with Crippen molar-refractivity contribution in [3.05, 3.63) is 60.2 Å². The lowest BCUT2D eigenvalue weighted by Gasteiger charge is -2.19. The largest absolute Gasteiger partial charge is 0.307 e. The molecule has 0 aliphatic carbocycles. The highest BCUT2D eigenvalue weighted by Gasteiger charge is 2.34. The molecule has 0 spiro atoms. The number of carbonyl (C=O) groups excluding carboxylic acids is 1. The fraction of sp³-hybridized carbons (Fsp3) is 0.188. The predicted molar refractivity (Wildman–Crippen MR) is 99.5 cm³/mol. The maximum atomic E-state index is 12.7. The van der Waals surface area contributed by atoms with Crippen LogP contribution in [0.3, 0.4) is 0 Å². The van der Waals surface area contributed by atoms with E-state index in [1.807, 2.05) is 30.3 Å². The van der Waals surface area contributed by atoms with Crippen molar-refractivity contribution in [2.75, 3.05) is 13.3 Å². The van der Waals surface area contributed by atoms with Crippen molar-refractivity contribution in [1.82, 2.24) is 3.71 Å². The topological polar surface area (TPSA) is 80.5 Å². The van der Waals surface area contributed by atoms with E-state index in [-0.39, 0.29) is 0 Å². The fourth-order valence-corrected chi connectivity index (χ4v) is 4.73. The number of nitrogens with zero attached hydrogens (tertiary/aromatic N) is 1. The van der Waals surface area contributed by atoms with Gasteiger partial charge >= 0.3 is 0 Å². The van der Waals surface area contributed by atoms with Crippen LogP contribution in [0.15, 0.2) is 64.4 Å². The Hall–Kier alpha value is -1.32. The van der Waals surface area contributed by atoms with Gasteiger partial charge in [0.15, 0.2) is 11.2 Å². The Morgan fingerprint density at radius 3 is 2.29 bits per heavy atom. The molecule has 1 atom stereocenters. The summed E-state index contributed by atoms with van der Waals surface area (Å²) in [5, 5.41) is -1.63. The number of nitrogens with two attached hydrogens (primary N) is 1. The second kappa shape index (κ2) is 8.17. The number of sulfonamides is 1. The molecular formula is C16H18N2O3S3. The van der Waals surface area contributed by atoms with Crippen LogP contribution in [0.2, 0.25) is 0 Å². The molecule has 0 saturated carbocycles. The number of ketones is 1. The molecule has 0 aliphatic heterocycles. The Bertz CT molecular complexity index is 810. The molecule has 0 fully saturated rings. The molecule has 2 aromatic rings. The average molecular weight is 383 g/mol. The van der Waals surface area contributed by atoms with E-state index in [0.717, 1.165) is 20.6 Å². The smallest absolute Gasteiger partial charge is 0.246 e. The highest BCUT2D eigenvalue weighted by molar-refractivity contribution is 8.08. The van der Waals surface area contributed by atoms with Gasteiger partial charge in [0.2, 0.25) is 10.0 Å². The van der Waals surface area contributed by atoms with Gasteiger partial charge in [-0.05, 0) is 24.5 Å². The van der Waals surface area contributed by atoms with Crippen molar-refractivity contribution in [3.63, 3.8) is 0 Å². The van der Waals surface area contributed by atoms with Crippen molar-refractivity contribution in [2.24, 2.45) is 5.73 Å². The van der Waals surface area contributed by atoms with Crippen molar-refractivity contribution in [3.8, 4) is 0 Å². The van der Waals surface area contributed by atoms with E-state index in [1.54, 1.807) is 30.5 Å². The maximum Gasteiger partial charge on any atom is 0.246 e. The first-order chi connectivity index (χ1) is 11.4. The van der Waals surface area contributed by atoms with Crippen LogP contribution in [0.4, 0.5) is 0 Å². The molecule has 2 aromatic carbocycles. The highest BCUT2D eigenvalue weighted by Crippen LogP contribution is 2.31. The molecule has 8 heteroatoms. The minimum atomic E-state index is -3.91. The van der Waals surface area contributed by atoms with Crippen molar-refractivity contribution in [2.45, 2.75) is 15.2 Å². The zero-order valence-corrected chi connectivity index (χ0v) is 15.7. The normalized spacial score (nSPS) is 13.0. The van der Waals surface area contributed by atoms with Gasteiger partial charge < -0.3 is 5.73 Å². The van der Waals surface area contributed by atoms with Gasteiger partial charge in [0, 0.05) is 22.4 Å². The van der Waals surface area contributed by atoms with Gasteiger partial charge in [0.25, 0.3) is 0 Å². The SMILES string of the molecule is CSN(C)S(=O)(=O)C(N)C(=O)c1ccccc1Sc1ccccc1. The van der Waals surface area contributed by atoms with Crippen molar-refractivity contribution < 1.29 is 13.2 Å². The molecule has 5 nitrogen and oxygen atoms in total. The average Bonchev–Trinajstić information content (AvgIpc) is 2.61.